The van der Waals surface area contributed by atoms with Gasteiger partial charge < -0.3 is 5.32 Å². The van der Waals surface area contributed by atoms with Gasteiger partial charge in [-0.1, -0.05) is 6.92 Å². The Hall–Kier alpha value is -0.830. The Morgan fingerprint density at radius 3 is 2.50 bits per heavy atom. The average Bonchev–Trinajstić information content (AvgIpc) is 3.05. The van der Waals surface area contributed by atoms with Crippen LogP contribution in [0.4, 0.5) is 0 Å². The van der Waals surface area contributed by atoms with Crippen LogP contribution < -0.4 is 5.32 Å². The second kappa shape index (κ2) is 4.58. The van der Waals surface area contributed by atoms with Gasteiger partial charge in [0.25, 0.3) is 0 Å². The molecule has 0 aromatic carbocycles. The molecule has 0 radical (unpaired) electrons. The van der Waals surface area contributed by atoms with Crippen LogP contribution in [-0.4, -0.2) is 22.4 Å². The highest BCUT2D eigenvalue weighted by atomic mass is 15.3. The van der Waals surface area contributed by atoms with Gasteiger partial charge in [0.1, 0.15) is 0 Å². The lowest BCUT2D eigenvalue weighted by Gasteiger charge is -2.18. The van der Waals surface area contributed by atoms with Crippen molar-refractivity contribution < 1.29 is 0 Å². The molecule has 90 valence electrons. The second-order valence-corrected chi connectivity index (χ2v) is 4.98. The third kappa shape index (κ3) is 2.29. The summed E-state index contributed by atoms with van der Waals surface area (Å²) < 4.78 is 2.21. The first-order valence-electron chi connectivity index (χ1n) is 6.39. The zero-order valence-electron chi connectivity index (χ0n) is 10.9. The van der Waals surface area contributed by atoms with E-state index in [4.69, 9.17) is 0 Å². The fourth-order valence-electron chi connectivity index (χ4n) is 2.09. The predicted octanol–water partition coefficient (Wildman–Crippen LogP) is 2.51. The topological polar surface area (TPSA) is 29.9 Å². The van der Waals surface area contributed by atoms with E-state index < -0.39 is 0 Å². The lowest BCUT2D eigenvalue weighted by atomic mass is 10.2. The highest BCUT2D eigenvalue weighted by Gasteiger charge is 2.23. The van der Waals surface area contributed by atoms with Gasteiger partial charge in [-0.3, -0.25) is 4.68 Å². The molecule has 1 unspecified atom stereocenters. The minimum Gasteiger partial charge on any atom is -0.312 e. The molecule has 1 fully saturated rings. The Labute approximate surface area is 98.2 Å². The fraction of sp³-hybridized carbons (Fsp3) is 0.769. The van der Waals surface area contributed by atoms with Crippen LogP contribution in [-0.2, 0) is 0 Å². The van der Waals surface area contributed by atoms with Crippen LogP contribution in [0, 0.1) is 20.8 Å². The number of aromatic nitrogens is 2. The first-order valence-corrected chi connectivity index (χ1v) is 6.39. The predicted molar refractivity (Wildman–Crippen MR) is 66.8 cm³/mol. The molecule has 0 spiro atoms. The second-order valence-electron chi connectivity index (χ2n) is 4.98. The molecular formula is C13H23N3. The van der Waals surface area contributed by atoms with Crippen molar-refractivity contribution in [2.75, 3.05) is 6.54 Å². The van der Waals surface area contributed by atoms with E-state index in [-0.39, 0.29) is 0 Å². The van der Waals surface area contributed by atoms with E-state index in [1.807, 2.05) is 0 Å². The summed E-state index contributed by atoms with van der Waals surface area (Å²) in [7, 11) is 0. The maximum Gasteiger partial charge on any atom is 0.0644 e. The molecule has 16 heavy (non-hydrogen) atoms. The molecule has 1 aromatic rings. The molecule has 0 saturated heterocycles. The highest BCUT2D eigenvalue weighted by Crippen LogP contribution is 2.22. The molecule has 3 heteroatoms. The molecule has 1 aromatic heterocycles. The summed E-state index contributed by atoms with van der Waals surface area (Å²) in [6.07, 6.45) is 3.85. The van der Waals surface area contributed by atoms with Gasteiger partial charge in [0.15, 0.2) is 0 Å². The van der Waals surface area contributed by atoms with Gasteiger partial charge in [-0.15, -0.1) is 0 Å². The Kier molecular flexibility index (Phi) is 3.33. The van der Waals surface area contributed by atoms with E-state index in [9.17, 15) is 0 Å². The highest BCUT2D eigenvalue weighted by molar-refractivity contribution is 5.22. The average molecular weight is 221 g/mol. The summed E-state index contributed by atoms with van der Waals surface area (Å²) in [6, 6.07) is 1.29. The van der Waals surface area contributed by atoms with Gasteiger partial charge in [-0.25, -0.2) is 0 Å². The number of hydrogen-bond acceptors (Lipinski definition) is 2. The van der Waals surface area contributed by atoms with Gasteiger partial charge in [0.2, 0.25) is 0 Å². The van der Waals surface area contributed by atoms with Crippen LogP contribution in [0.5, 0.6) is 0 Å². The third-order valence-corrected chi connectivity index (χ3v) is 3.72. The van der Waals surface area contributed by atoms with Crippen molar-refractivity contribution in [3.63, 3.8) is 0 Å². The molecule has 0 bridgehead atoms. The third-order valence-electron chi connectivity index (χ3n) is 3.72. The van der Waals surface area contributed by atoms with Crippen molar-refractivity contribution in [1.82, 2.24) is 15.1 Å². The number of nitrogens with one attached hydrogen (secondary N) is 1. The van der Waals surface area contributed by atoms with Crippen LogP contribution in [0.25, 0.3) is 0 Å². The number of hydrogen-bond donors (Lipinski definition) is 1. The Morgan fingerprint density at radius 1 is 1.38 bits per heavy atom. The summed E-state index contributed by atoms with van der Waals surface area (Å²) in [5.74, 6) is 0. The van der Waals surface area contributed by atoms with E-state index in [2.05, 4.69) is 42.8 Å². The largest absolute Gasteiger partial charge is 0.312 e. The van der Waals surface area contributed by atoms with Crippen LogP contribution in [0.2, 0.25) is 0 Å². The molecule has 1 heterocycles. The molecule has 2 rings (SSSR count). The zero-order chi connectivity index (χ0) is 11.7. The smallest absolute Gasteiger partial charge is 0.0644 e. The van der Waals surface area contributed by atoms with E-state index >= 15 is 0 Å². The SMILES string of the molecule is CCC(CNC1CC1)n1nc(C)c(C)c1C. The minimum absolute atomic E-state index is 0.507. The molecular weight excluding hydrogens is 198 g/mol. The zero-order valence-corrected chi connectivity index (χ0v) is 10.9. The summed E-state index contributed by atoms with van der Waals surface area (Å²) in [4.78, 5) is 0. The van der Waals surface area contributed by atoms with E-state index in [1.165, 1.54) is 29.8 Å². The Balaban J connectivity index is 2.08. The van der Waals surface area contributed by atoms with Crippen molar-refractivity contribution in [1.29, 1.82) is 0 Å². The van der Waals surface area contributed by atoms with Crippen molar-refractivity contribution in [2.24, 2.45) is 0 Å². The summed E-state index contributed by atoms with van der Waals surface area (Å²) >= 11 is 0. The summed E-state index contributed by atoms with van der Waals surface area (Å²) in [5.41, 5.74) is 3.83. The van der Waals surface area contributed by atoms with Gasteiger partial charge in [0, 0.05) is 18.3 Å². The molecule has 1 saturated carbocycles. The van der Waals surface area contributed by atoms with Crippen LogP contribution in [0.15, 0.2) is 0 Å². The quantitative estimate of drug-likeness (QED) is 0.828. The maximum absolute atomic E-state index is 4.66. The monoisotopic (exact) mass is 221 g/mol. The first-order chi connectivity index (χ1) is 7.63. The molecule has 1 N–H and O–H groups in total. The summed E-state index contributed by atoms with van der Waals surface area (Å²) in [6.45, 7) is 9.73. The molecule has 0 amide bonds. The number of nitrogens with zero attached hydrogens (tertiary/aromatic N) is 2. The van der Waals surface area contributed by atoms with E-state index in [0.29, 0.717) is 6.04 Å². The molecule has 0 aliphatic heterocycles. The molecule has 1 aliphatic carbocycles. The molecule has 1 atom stereocenters. The normalized spacial score (nSPS) is 17.8. The minimum atomic E-state index is 0.507. The standard InChI is InChI=1S/C13H23N3/c1-5-13(8-14-12-6-7-12)16-11(4)9(2)10(3)15-16/h12-14H,5-8H2,1-4H3. The number of rotatable bonds is 5. The fourth-order valence-corrected chi connectivity index (χ4v) is 2.09. The maximum atomic E-state index is 4.66. The number of aryl methyl sites for hydroxylation is 1. The first kappa shape index (κ1) is 11.6. The molecule has 3 nitrogen and oxygen atoms in total. The van der Waals surface area contributed by atoms with Gasteiger partial charge in [-0.2, -0.15) is 5.10 Å². The Bertz CT molecular complexity index is 363. The van der Waals surface area contributed by atoms with Crippen molar-refractivity contribution in [2.45, 2.75) is 59.0 Å². The van der Waals surface area contributed by atoms with Crippen molar-refractivity contribution >= 4 is 0 Å². The lowest BCUT2D eigenvalue weighted by molar-refractivity contribution is 0.402. The molecule has 1 aliphatic rings. The van der Waals surface area contributed by atoms with Crippen molar-refractivity contribution in [3.8, 4) is 0 Å². The van der Waals surface area contributed by atoms with E-state index in [1.54, 1.807) is 0 Å². The van der Waals surface area contributed by atoms with Crippen molar-refractivity contribution in [3.05, 3.63) is 17.0 Å². The van der Waals surface area contributed by atoms with Crippen LogP contribution in [0.3, 0.4) is 0 Å². The van der Waals surface area contributed by atoms with Gasteiger partial charge in [0.05, 0.1) is 11.7 Å². The Morgan fingerprint density at radius 2 is 2.06 bits per heavy atom. The van der Waals surface area contributed by atoms with Gasteiger partial charge >= 0.3 is 0 Å². The van der Waals surface area contributed by atoms with E-state index in [0.717, 1.165) is 19.0 Å². The van der Waals surface area contributed by atoms with Crippen LogP contribution >= 0.6 is 0 Å². The summed E-state index contributed by atoms with van der Waals surface area (Å²) in [5, 5.41) is 8.26. The lowest BCUT2D eigenvalue weighted by Crippen LogP contribution is -2.27. The van der Waals surface area contributed by atoms with Gasteiger partial charge in [-0.05, 0) is 45.6 Å². The van der Waals surface area contributed by atoms with Crippen LogP contribution in [0.1, 0.15) is 49.2 Å².